The van der Waals surface area contributed by atoms with Crippen LogP contribution in [0.3, 0.4) is 0 Å². The van der Waals surface area contributed by atoms with Crippen LogP contribution in [0.25, 0.3) is 0 Å². The summed E-state index contributed by atoms with van der Waals surface area (Å²) in [6, 6.07) is 0.353. The maximum absolute atomic E-state index is 10.3. The molecule has 2 fully saturated rings. The molecule has 0 bridgehead atoms. The van der Waals surface area contributed by atoms with Gasteiger partial charge in [-0.3, -0.25) is 4.99 Å². The van der Waals surface area contributed by atoms with Crippen molar-refractivity contribution in [3.05, 3.63) is 0 Å². The number of methoxy groups -OCH3 is 1. The number of aliphatic hydroxyl groups is 1. The van der Waals surface area contributed by atoms with Gasteiger partial charge in [0.15, 0.2) is 5.96 Å². The van der Waals surface area contributed by atoms with Crippen LogP contribution >= 0.6 is 35.7 Å². The molecule has 0 radical (unpaired) electrons. The van der Waals surface area contributed by atoms with Crippen LogP contribution in [-0.4, -0.2) is 61.0 Å². The van der Waals surface area contributed by atoms with E-state index in [1.165, 1.54) is 0 Å². The second-order valence-corrected chi connectivity index (χ2v) is 7.54. The Morgan fingerprint density at radius 3 is 2.67 bits per heavy atom. The van der Waals surface area contributed by atoms with Crippen LogP contribution in [0.15, 0.2) is 4.99 Å². The first kappa shape index (κ1) is 19.3. The van der Waals surface area contributed by atoms with Gasteiger partial charge in [-0.1, -0.05) is 13.8 Å². The van der Waals surface area contributed by atoms with E-state index in [4.69, 9.17) is 4.74 Å². The monoisotopic (exact) mass is 429 g/mol. The molecule has 7 heteroatoms. The van der Waals surface area contributed by atoms with Crippen LogP contribution in [0, 0.1) is 5.41 Å². The van der Waals surface area contributed by atoms with Gasteiger partial charge in [-0.2, -0.15) is 11.8 Å². The fourth-order valence-electron chi connectivity index (χ4n) is 2.87. The first-order valence-electron chi connectivity index (χ1n) is 7.21. The number of halogens is 1. The van der Waals surface area contributed by atoms with Crippen LogP contribution in [0.1, 0.15) is 26.7 Å². The van der Waals surface area contributed by atoms with Crippen LogP contribution < -0.4 is 10.6 Å². The van der Waals surface area contributed by atoms with Crippen molar-refractivity contribution in [1.29, 1.82) is 0 Å². The minimum absolute atomic E-state index is 0. The molecule has 21 heavy (non-hydrogen) atoms. The Morgan fingerprint density at radius 2 is 2.19 bits per heavy atom. The lowest BCUT2D eigenvalue weighted by Gasteiger charge is -2.51. The molecule has 5 nitrogen and oxygen atoms in total. The summed E-state index contributed by atoms with van der Waals surface area (Å²) < 4.78 is 5.46. The highest BCUT2D eigenvalue weighted by atomic mass is 127. The first-order chi connectivity index (χ1) is 9.41. The van der Waals surface area contributed by atoms with Gasteiger partial charge in [-0.15, -0.1) is 24.0 Å². The third-order valence-corrected chi connectivity index (χ3v) is 5.90. The van der Waals surface area contributed by atoms with Gasteiger partial charge in [0, 0.05) is 37.9 Å². The molecule has 0 aromatic carbocycles. The molecule has 0 spiro atoms. The second-order valence-electron chi connectivity index (χ2n) is 6.43. The maximum Gasteiger partial charge on any atom is 0.191 e. The van der Waals surface area contributed by atoms with Crippen molar-refractivity contribution in [2.45, 2.75) is 44.4 Å². The number of hydrogen-bond acceptors (Lipinski definition) is 4. The predicted molar refractivity (Wildman–Crippen MR) is 99.8 cm³/mol. The molecule has 2 aliphatic rings. The van der Waals surface area contributed by atoms with Gasteiger partial charge in [0.1, 0.15) is 0 Å². The zero-order valence-electron chi connectivity index (χ0n) is 13.3. The Bertz CT molecular complexity index is 373. The van der Waals surface area contributed by atoms with Crippen molar-refractivity contribution < 1.29 is 9.84 Å². The van der Waals surface area contributed by atoms with Gasteiger partial charge in [-0.25, -0.2) is 0 Å². The van der Waals surface area contributed by atoms with Crippen LogP contribution in [0.4, 0.5) is 0 Å². The standard InChI is InChI=1S/C14H27N3O2S.HI/c1-13(2)10(7-11(13)19-4)17-12(15-3)16-8-14(18)5-6-20-9-14;/h10-11,18H,5-9H2,1-4H3,(H2,15,16,17);1H. The maximum atomic E-state index is 10.3. The lowest BCUT2D eigenvalue weighted by Crippen LogP contribution is -2.63. The first-order valence-corrected chi connectivity index (χ1v) is 8.37. The van der Waals surface area contributed by atoms with E-state index in [9.17, 15) is 5.11 Å². The number of ether oxygens (including phenoxy) is 1. The van der Waals surface area contributed by atoms with E-state index in [1.807, 2.05) is 0 Å². The third-order valence-electron chi connectivity index (χ3n) is 4.66. The minimum atomic E-state index is -0.591. The molecule has 3 atom stereocenters. The molecule has 3 N–H and O–H groups in total. The van der Waals surface area contributed by atoms with Gasteiger partial charge in [0.2, 0.25) is 0 Å². The number of aliphatic imine (C=N–C) groups is 1. The predicted octanol–water partition coefficient (Wildman–Crippen LogP) is 1.45. The van der Waals surface area contributed by atoms with Gasteiger partial charge >= 0.3 is 0 Å². The minimum Gasteiger partial charge on any atom is -0.387 e. The molecule has 0 amide bonds. The summed E-state index contributed by atoms with van der Waals surface area (Å²) >= 11 is 1.81. The van der Waals surface area contributed by atoms with Gasteiger partial charge in [0.05, 0.1) is 11.7 Å². The molecular weight excluding hydrogens is 401 g/mol. The summed E-state index contributed by atoms with van der Waals surface area (Å²) in [5.74, 6) is 2.61. The average Bonchev–Trinajstić information content (AvgIpc) is 2.84. The Kier molecular flexibility index (Phi) is 7.08. The molecule has 2 rings (SSSR count). The quantitative estimate of drug-likeness (QED) is 0.359. The smallest absolute Gasteiger partial charge is 0.191 e. The number of thioether (sulfide) groups is 1. The van der Waals surface area contributed by atoms with Gasteiger partial charge < -0.3 is 20.5 Å². The van der Waals surface area contributed by atoms with E-state index in [0.29, 0.717) is 18.7 Å². The molecule has 1 aliphatic heterocycles. The molecule has 1 saturated carbocycles. The lowest BCUT2D eigenvalue weighted by molar-refractivity contribution is -0.0923. The Hall–Kier alpha value is 0.270. The molecule has 3 unspecified atom stereocenters. The summed E-state index contributed by atoms with van der Waals surface area (Å²) in [6.07, 6.45) is 2.14. The van der Waals surface area contributed by atoms with Gasteiger partial charge in [-0.05, 0) is 18.6 Å². The molecular formula is C14H28IN3O2S. The molecule has 0 aromatic rings. The molecule has 0 aromatic heterocycles. The number of hydrogen-bond donors (Lipinski definition) is 3. The SMILES string of the molecule is CN=C(NCC1(O)CCSC1)NC1CC(OC)C1(C)C.I. The Morgan fingerprint density at radius 1 is 1.48 bits per heavy atom. The number of rotatable bonds is 4. The molecule has 1 heterocycles. The summed E-state index contributed by atoms with van der Waals surface area (Å²) in [7, 11) is 3.53. The highest BCUT2D eigenvalue weighted by molar-refractivity contribution is 14.0. The van der Waals surface area contributed by atoms with E-state index in [0.717, 1.165) is 30.3 Å². The van der Waals surface area contributed by atoms with Gasteiger partial charge in [0.25, 0.3) is 0 Å². The fraction of sp³-hybridized carbons (Fsp3) is 0.929. The second kappa shape index (κ2) is 7.70. The van der Waals surface area contributed by atoms with E-state index in [1.54, 1.807) is 25.9 Å². The zero-order valence-corrected chi connectivity index (χ0v) is 16.5. The van der Waals surface area contributed by atoms with Crippen molar-refractivity contribution in [2.24, 2.45) is 10.4 Å². The van der Waals surface area contributed by atoms with Crippen molar-refractivity contribution in [2.75, 3.05) is 32.2 Å². The molecule has 1 aliphatic carbocycles. The highest BCUT2D eigenvalue weighted by Gasteiger charge is 2.49. The summed E-state index contributed by atoms with van der Waals surface area (Å²) in [5.41, 5.74) is -0.487. The Balaban J connectivity index is 0.00000220. The lowest BCUT2D eigenvalue weighted by atomic mass is 9.64. The Labute approximate surface area is 149 Å². The van der Waals surface area contributed by atoms with Crippen LogP contribution in [-0.2, 0) is 4.74 Å². The van der Waals surface area contributed by atoms with E-state index >= 15 is 0 Å². The van der Waals surface area contributed by atoms with E-state index in [2.05, 4.69) is 29.5 Å². The van der Waals surface area contributed by atoms with E-state index < -0.39 is 5.60 Å². The topological polar surface area (TPSA) is 65.9 Å². The summed E-state index contributed by atoms with van der Waals surface area (Å²) in [4.78, 5) is 4.25. The van der Waals surface area contributed by atoms with Crippen LogP contribution in [0.5, 0.6) is 0 Å². The third kappa shape index (κ3) is 4.39. The fourth-order valence-corrected chi connectivity index (χ4v) is 4.17. The molecule has 124 valence electrons. The highest BCUT2D eigenvalue weighted by Crippen LogP contribution is 2.42. The normalized spacial score (nSPS) is 34.8. The van der Waals surface area contributed by atoms with E-state index in [-0.39, 0.29) is 29.4 Å². The summed E-state index contributed by atoms with van der Waals surface area (Å²) in [6.45, 7) is 4.97. The van der Waals surface area contributed by atoms with Crippen molar-refractivity contribution >= 4 is 41.7 Å². The van der Waals surface area contributed by atoms with Crippen molar-refractivity contribution in [1.82, 2.24) is 10.6 Å². The number of nitrogens with zero attached hydrogens (tertiary/aromatic N) is 1. The van der Waals surface area contributed by atoms with Crippen molar-refractivity contribution in [3.63, 3.8) is 0 Å². The largest absolute Gasteiger partial charge is 0.387 e. The number of guanidine groups is 1. The zero-order chi connectivity index (χ0) is 14.8. The average molecular weight is 429 g/mol. The van der Waals surface area contributed by atoms with Crippen molar-refractivity contribution in [3.8, 4) is 0 Å². The number of nitrogens with one attached hydrogen (secondary N) is 2. The van der Waals surface area contributed by atoms with Crippen LogP contribution in [0.2, 0.25) is 0 Å². The molecule has 1 saturated heterocycles. The summed E-state index contributed by atoms with van der Waals surface area (Å²) in [5, 5.41) is 17.0.